The molecule has 304 valence electrons. The van der Waals surface area contributed by atoms with Crippen LogP contribution in [-0.4, -0.2) is 225 Å². The second-order valence-corrected chi connectivity index (χ2v) is 13.4. The number of rotatable bonds is 17. The third-order valence-electron chi connectivity index (χ3n) is 8.39. The van der Waals surface area contributed by atoms with Crippen LogP contribution in [0.25, 0.3) is 0 Å². The Morgan fingerprint density at radius 1 is 0.827 bits per heavy atom. The monoisotopic (exact) mass is 789 g/mol. The van der Waals surface area contributed by atoms with Crippen molar-refractivity contribution in [2.75, 3.05) is 33.0 Å². The molecule has 0 aromatic carbocycles. The number of phosphoric acid groups is 1. The Morgan fingerprint density at radius 3 is 1.92 bits per heavy atom. The number of carboxylic acids is 2. The molecule has 0 aromatic heterocycles. The van der Waals surface area contributed by atoms with Crippen LogP contribution < -0.4 is 5.73 Å². The summed E-state index contributed by atoms with van der Waals surface area (Å²) >= 11 is 0. The minimum absolute atomic E-state index is 0.310. The number of hydrogen-bond donors (Lipinski definition) is 16. The molecule has 26 nitrogen and oxygen atoms in total. The Morgan fingerprint density at radius 2 is 1.40 bits per heavy atom. The zero-order valence-corrected chi connectivity index (χ0v) is 27.6. The van der Waals surface area contributed by atoms with E-state index in [9.17, 15) is 90.5 Å². The molecule has 52 heavy (non-hydrogen) atoms. The van der Waals surface area contributed by atoms with Crippen molar-refractivity contribution in [3.63, 3.8) is 0 Å². The summed E-state index contributed by atoms with van der Waals surface area (Å²) in [5.74, 6) is -11.9. The van der Waals surface area contributed by atoms with Gasteiger partial charge in [-0.15, -0.1) is 0 Å². The molecule has 3 rings (SSSR count). The van der Waals surface area contributed by atoms with Crippen molar-refractivity contribution in [1.29, 1.82) is 0 Å². The number of ether oxygens (including phenoxy) is 5. The maximum absolute atomic E-state index is 12.9. The van der Waals surface area contributed by atoms with Gasteiger partial charge in [-0.05, 0) is 0 Å². The Labute approximate surface area is 291 Å². The molecule has 0 aliphatic carbocycles. The lowest BCUT2D eigenvalue weighted by Gasteiger charge is -2.52. The van der Waals surface area contributed by atoms with Crippen LogP contribution in [0.15, 0.2) is 0 Å². The number of hydrogen-bond acceptors (Lipinski definition) is 23. The summed E-state index contributed by atoms with van der Waals surface area (Å²) in [5.41, 5.74) is 5.21. The predicted molar refractivity (Wildman–Crippen MR) is 155 cm³/mol. The minimum Gasteiger partial charge on any atom is -0.477 e. The lowest BCUT2D eigenvalue weighted by atomic mass is 9.88. The minimum atomic E-state index is -5.18. The summed E-state index contributed by atoms with van der Waals surface area (Å²) in [6.07, 6.45) is -36.3. The van der Waals surface area contributed by atoms with Gasteiger partial charge in [-0.1, -0.05) is 0 Å². The van der Waals surface area contributed by atoms with Crippen molar-refractivity contribution in [1.82, 2.24) is 0 Å². The fraction of sp³-hybridized carbons (Fsp3) is 0.920. The van der Waals surface area contributed by atoms with Crippen molar-refractivity contribution >= 4 is 19.8 Å². The van der Waals surface area contributed by atoms with Crippen LogP contribution in [0.4, 0.5) is 0 Å². The van der Waals surface area contributed by atoms with E-state index in [0.717, 1.165) is 0 Å². The zero-order chi connectivity index (χ0) is 39.5. The van der Waals surface area contributed by atoms with E-state index in [-0.39, 0.29) is 6.54 Å². The molecule has 0 aromatic rings. The third-order valence-corrected chi connectivity index (χ3v) is 9.43. The summed E-state index contributed by atoms with van der Waals surface area (Å²) < 4.78 is 48.5. The van der Waals surface area contributed by atoms with Gasteiger partial charge < -0.3 is 106 Å². The maximum atomic E-state index is 12.9. The van der Waals surface area contributed by atoms with Crippen molar-refractivity contribution in [2.45, 2.75) is 110 Å². The van der Waals surface area contributed by atoms with Gasteiger partial charge >= 0.3 is 19.8 Å². The standard InChI is InChI=1S/C25H44NO25P/c26-1-2-45-52(43,44)51-10(6-29)18-13(34)14(35)20(37)25(50-18,23(40)41)48-9-3-24(42,22(38)39)49-17(8(31)5-28)19(9)47-21-15(36)11(32)12(33)16(46-21)7(30)4-27/h7-21,27-37,42H,1-6,26H2,(H,38,39)(H,40,41)(H,43,44)/t7-,8+,9+,10+,11-,12-,13+,14-,15-,16+,17+,18+,19+,20-,21+,24+,25+/m0/s1. The Hall–Kier alpha value is -1.67. The fourth-order valence-corrected chi connectivity index (χ4v) is 6.60. The van der Waals surface area contributed by atoms with Crippen LogP contribution in [0.2, 0.25) is 0 Å². The molecule has 0 radical (unpaired) electrons. The molecular formula is C25H44NO25P. The molecule has 0 saturated carbocycles. The number of carboxylic acid groups (broad SMARTS) is 2. The number of nitrogens with two attached hydrogens (primary N) is 1. The highest BCUT2D eigenvalue weighted by Crippen LogP contribution is 2.47. The summed E-state index contributed by atoms with van der Waals surface area (Å²) in [6, 6.07) is 0. The van der Waals surface area contributed by atoms with Crippen molar-refractivity contribution < 1.29 is 123 Å². The first kappa shape index (κ1) is 44.7. The second kappa shape index (κ2) is 17.9. The number of carbonyl (C=O) groups is 2. The molecular weight excluding hydrogens is 745 g/mol. The summed E-state index contributed by atoms with van der Waals surface area (Å²) in [6.45, 7) is -4.67. The Kier molecular flexibility index (Phi) is 15.4. The number of aliphatic hydroxyl groups is 12. The topological polar surface area (TPSA) is 445 Å². The van der Waals surface area contributed by atoms with Crippen LogP contribution in [0.5, 0.6) is 0 Å². The molecule has 0 spiro atoms. The largest absolute Gasteiger partial charge is 0.477 e. The van der Waals surface area contributed by atoms with E-state index in [1.807, 2.05) is 0 Å². The van der Waals surface area contributed by atoms with Gasteiger partial charge in [0.25, 0.3) is 11.6 Å². The molecule has 3 aliphatic rings. The smallest absolute Gasteiger partial charge is 0.472 e. The molecule has 0 bridgehead atoms. The van der Waals surface area contributed by atoms with Gasteiger partial charge in [0.1, 0.15) is 79.4 Å². The molecule has 17 N–H and O–H groups in total. The van der Waals surface area contributed by atoms with E-state index in [1.54, 1.807) is 0 Å². The molecule has 3 saturated heterocycles. The quantitative estimate of drug-likeness (QED) is 0.0608. The van der Waals surface area contributed by atoms with Crippen molar-refractivity contribution in [3.05, 3.63) is 0 Å². The highest BCUT2D eigenvalue weighted by Gasteiger charge is 2.65. The lowest BCUT2D eigenvalue weighted by Crippen LogP contribution is -2.73. The third kappa shape index (κ3) is 9.23. The van der Waals surface area contributed by atoms with Crippen LogP contribution in [0.1, 0.15) is 6.42 Å². The van der Waals surface area contributed by atoms with E-state index in [4.69, 9.17) is 33.9 Å². The van der Waals surface area contributed by atoms with Gasteiger partial charge in [-0.3, -0.25) is 9.05 Å². The van der Waals surface area contributed by atoms with Gasteiger partial charge in [0.2, 0.25) is 0 Å². The van der Waals surface area contributed by atoms with E-state index in [1.165, 1.54) is 0 Å². The molecule has 27 heteroatoms. The molecule has 18 atom stereocenters. The van der Waals surface area contributed by atoms with E-state index >= 15 is 0 Å². The summed E-state index contributed by atoms with van der Waals surface area (Å²) in [4.78, 5) is 35.0. The number of aliphatic hydroxyl groups excluding tert-OH is 11. The van der Waals surface area contributed by atoms with Crippen molar-refractivity contribution in [3.8, 4) is 0 Å². The van der Waals surface area contributed by atoms with E-state index < -0.39 is 156 Å². The Bertz CT molecular complexity index is 1250. The first-order valence-electron chi connectivity index (χ1n) is 15.3. The van der Waals surface area contributed by atoms with Crippen molar-refractivity contribution in [2.24, 2.45) is 5.73 Å². The van der Waals surface area contributed by atoms with Gasteiger partial charge in [0.05, 0.1) is 32.5 Å². The van der Waals surface area contributed by atoms with E-state index in [0.29, 0.717) is 0 Å². The van der Waals surface area contributed by atoms with Crippen LogP contribution in [-0.2, 0) is 46.9 Å². The SMILES string of the molecule is NCCOP(=O)(O)O[C@H](CO)[C@H]1O[C@@](O[C@@H]2C[C@](O)(C(=O)O)O[C@H]([C@H](O)CO)[C@@H]2O[C@H]2O[C@H]([C@@H](O)CO)[C@@H](O)[C@H](O)[C@@H]2O)(C(=O)O)[C@@H](O)[C@@H](O)[C@H]1O. The molecule has 0 amide bonds. The van der Waals surface area contributed by atoms with Gasteiger partial charge in [0.15, 0.2) is 6.29 Å². The van der Waals surface area contributed by atoms with Gasteiger partial charge in [-0.25, -0.2) is 14.2 Å². The second-order valence-electron chi connectivity index (χ2n) is 12.0. The number of aliphatic carboxylic acids is 2. The maximum Gasteiger partial charge on any atom is 0.472 e. The highest BCUT2D eigenvalue weighted by molar-refractivity contribution is 7.47. The van der Waals surface area contributed by atoms with Gasteiger partial charge in [0, 0.05) is 13.0 Å². The zero-order valence-electron chi connectivity index (χ0n) is 26.7. The predicted octanol–water partition coefficient (Wildman–Crippen LogP) is -9.45. The molecule has 3 aliphatic heterocycles. The first-order chi connectivity index (χ1) is 24.1. The lowest BCUT2D eigenvalue weighted by molar-refractivity contribution is -0.407. The average Bonchev–Trinajstić information content (AvgIpc) is 3.10. The average molecular weight is 790 g/mol. The summed E-state index contributed by atoms with van der Waals surface area (Å²) in [7, 11) is -5.18. The van der Waals surface area contributed by atoms with E-state index in [2.05, 4.69) is 4.52 Å². The first-order valence-corrected chi connectivity index (χ1v) is 16.8. The number of phosphoric ester groups is 1. The van der Waals surface area contributed by atoms with Crippen LogP contribution in [0, 0.1) is 0 Å². The van der Waals surface area contributed by atoms with Gasteiger partial charge in [-0.2, -0.15) is 0 Å². The summed E-state index contributed by atoms with van der Waals surface area (Å²) in [5, 5.41) is 144. The Balaban J connectivity index is 2.14. The molecule has 3 fully saturated rings. The normalized spacial score (nSPS) is 42.9. The van der Waals surface area contributed by atoms with Crippen LogP contribution >= 0.6 is 7.82 Å². The fourth-order valence-electron chi connectivity index (χ4n) is 5.68. The molecule has 1 unspecified atom stereocenters. The highest BCUT2D eigenvalue weighted by atomic mass is 31.2. The van der Waals surface area contributed by atoms with Crippen LogP contribution in [0.3, 0.4) is 0 Å². The molecule has 3 heterocycles.